The lowest BCUT2D eigenvalue weighted by Crippen LogP contribution is -2.43. The monoisotopic (exact) mass is 411 g/mol. The third-order valence-corrected chi connectivity index (χ3v) is 5.18. The Morgan fingerprint density at radius 1 is 1.11 bits per heavy atom. The number of ether oxygens (including phenoxy) is 1. The Labute approximate surface area is 165 Å². The Morgan fingerprint density at radius 2 is 1.74 bits per heavy atom. The quantitative estimate of drug-likeness (QED) is 0.299. The van der Waals surface area contributed by atoms with Crippen LogP contribution in [-0.2, 0) is 10.1 Å². The van der Waals surface area contributed by atoms with Gasteiger partial charge in [-0.3, -0.25) is 11.1 Å². The first-order valence-corrected chi connectivity index (χ1v) is 11.0. The molecule has 2 aromatic carbocycles. The van der Waals surface area contributed by atoms with E-state index in [9.17, 15) is 8.42 Å². The average molecular weight is 412 g/mol. The van der Waals surface area contributed by atoms with Gasteiger partial charge < -0.3 is 8.92 Å². The maximum atomic E-state index is 12.3. The maximum absolute atomic E-state index is 12.3. The van der Waals surface area contributed by atoms with Gasteiger partial charge in [-0.05, 0) is 54.9 Å². The number of rotatable bonds is 8. The molecule has 0 aliphatic carbocycles. The van der Waals surface area contributed by atoms with E-state index in [1.165, 1.54) is 23.9 Å². The summed E-state index contributed by atoms with van der Waals surface area (Å²) in [5.74, 6) is 1.51. The van der Waals surface area contributed by atoms with Crippen LogP contribution in [0.25, 0.3) is 0 Å². The minimum absolute atomic E-state index is 0.103. The minimum Gasteiger partial charge on any atom is -0.493 e. The number of thioether (sulfide) groups is 1. The van der Waals surface area contributed by atoms with Gasteiger partial charge in [0.15, 0.2) is 0 Å². The molecule has 0 heterocycles. The average Bonchev–Trinajstić information content (AvgIpc) is 2.63. The standard InChI is InChI=1S/C17H20N2O4S2.C2H6/c1-13-10-14(22-8-5-9-24-17(18)19)12-15(11-13)23-25(20,21)16-6-3-2-4-7-16;1-2/h2-4,6-7,10-12H,5,8-9H2,1H3,(H3,18,19);1-2H3/p+1. The molecule has 0 atom stereocenters. The second kappa shape index (κ2) is 11.5. The highest BCUT2D eigenvalue weighted by molar-refractivity contribution is 8.13. The molecule has 0 aromatic heterocycles. The molecule has 0 unspecified atom stereocenters. The molecule has 0 amide bonds. The van der Waals surface area contributed by atoms with E-state index in [2.05, 4.69) is 0 Å². The highest BCUT2D eigenvalue weighted by atomic mass is 32.2. The first-order valence-electron chi connectivity index (χ1n) is 8.61. The molecule has 0 bridgehead atoms. The van der Waals surface area contributed by atoms with Crippen molar-refractivity contribution in [3.63, 3.8) is 0 Å². The highest BCUT2D eigenvalue weighted by Crippen LogP contribution is 2.25. The van der Waals surface area contributed by atoms with Crippen LogP contribution in [0.15, 0.2) is 53.4 Å². The fourth-order valence-electron chi connectivity index (χ4n) is 2.05. The van der Waals surface area contributed by atoms with E-state index >= 15 is 0 Å². The first-order chi connectivity index (χ1) is 12.9. The van der Waals surface area contributed by atoms with Gasteiger partial charge in [0, 0.05) is 11.8 Å². The zero-order chi connectivity index (χ0) is 20.3. The summed E-state index contributed by atoms with van der Waals surface area (Å²) >= 11 is 1.37. The predicted molar refractivity (Wildman–Crippen MR) is 110 cm³/mol. The van der Waals surface area contributed by atoms with Crippen molar-refractivity contribution < 1.29 is 22.7 Å². The Kier molecular flexibility index (Phi) is 9.74. The molecule has 2 aromatic rings. The first kappa shape index (κ1) is 22.9. The van der Waals surface area contributed by atoms with Crippen molar-refractivity contribution in [2.24, 2.45) is 5.73 Å². The molecular formula is C19H27N2O4S2+. The highest BCUT2D eigenvalue weighted by Gasteiger charge is 2.16. The second-order valence-electron chi connectivity index (χ2n) is 5.29. The molecule has 0 aliphatic rings. The zero-order valence-electron chi connectivity index (χ0n) is 15.8. The molecule has 0 fully saturated rings. The fourth-order valence-corrected chi connectivity index (χ4v) is 3.48. The zero-order valence-corrected chi connectivity index (χ0v) is 17.5. The van der Waals surface area contributed by atoms with Crippen LogP contribution in [0.2, 0.25) is 0 Å². The van der Waals surface area contributed by atoms with Crippen molar-refractivity contribution in [1.29, 1.82) is 0 Å². The molecule has 0 aliphatic heterocycles. The number of amidine groups is 1. The lowest BCUT2D eigenvalue weighted by molar-refractivity contribution is -0.110. The Balaban J connectivity index is 0.00000176. The van der Waals surface area contributed by atoms with Crippen LogP contribution < -0.4 is 20.1 Å². The van der Waals surface area contributed by atoms with Crippen molar-refractivity contribution in [1.82, 2.24) is 0 Å². The van der Waals surface area contributed by atoms with E-state index in [0.29, 0.717) is 17.5 Å². The predicted octanol–water partition coefficient (Wildman–Crippen LogP) is 2.36. The van der Waals surface area contributed by atoms with Crippen LogP contribution in [0.1, 0.15) is 25.8 Å². The van der Waals surface area contributed by atoms with E-state index < -0.39 is 10.1 Å². The molecular weight excluding hydrogens is 384 g/mol. The summed E-state index contributed by atoms with van der Waals surface area (Å²) < 4.78 is 35.5. The lowest BCUT2D eigenvalue weighted by atomic mass is 10.2. The summed E-state index contributed by atoms with van der Waals surface area (Å²) in [6.45, 7) is 6.31. The van der Waals surface area contributed by atoms with Gasteiger partial charge in [-0.2, -0.15) is 8.42 Å². The Bertz CT molecular complexity index is 825. The number of hydrogen-bond acceptors (Lipinski definition) is 5. The summed E-state index contributed by atoms with van der Waals surface area (Å²) in [7, 11) is -3.87. The van der Waals surface area contributed by atoms with Crippen molar-refractivity contribution in [2.45, 2.75) is 32.1 Å². The Hall–Kier alpha value is -2.19. The van der Waals surface area contributed by atoms with Crippen molar-refractivity contribution >= 4 is 27.0 Å². The van der Waals surface area contributed by atoms with Crippen LogP contribution in [0.4, 0.5) is 0 Å². The Morgan fingerprint density at radius 3 is 2.37 bits per heavy atom. The van der Waals surface area contributed by atoms with Crippen molar-refractivity contribution in [3.8, 4) is 11.5 Å². The summed E-state index contributed by atoms with van der Waals surface area (Å²) in [5.41, 5.74) is 6.21. The largest absolute Gasteiger partial charge is 0.493 e. The van der Waals surface area contributed by atoms with Crippen LogP contribution in [0.3, 0.4) is 0 Å². The molecule has 4 N–H and O–H groups in total. The molecule has 2 rings (SSSR count). The van der Waals surface area contributed by atoms with Gasteiger partial charge in [0.2, 0.25) is 0 Å². The summed E-state index contributed by atoms with van der Waals surface area (Å²) in [6, 6.07) is 13.0. The molecule has 6 nitrogen and oxygen atoms in total. The summed E-state index contributed by atoms with van der Waals surface area (Å²) in [4.78, 5) is 0.103. The second-order valence-corrected chi connectivity index (χ2v) is 8.00. The lowest BCUT2D eigenvalue weighted by Gasteiger charge is -2.11. The summed E-state index contributed by atoms with van der Waals surface area (Å²) in [5, 5.41) is 5.71. The molecule has 148 valence electrons. The molecule has 8 heteroatoms. The van der Waals surface area contributed by atoms with Crippen LogP contribution in [-0.4, -0.2) is 25.9 Å². The maximum Gasteiger partial charge on any atom is 0.339 e. The number of hydrogen-bond donors (Lipinski definition) is 2. The minimum atomic E-state index is -3.87. The number of benzene rings is 2. The van der Waals surface area contributed by atoms with Crippen LogP contribution >= 0.6 is 11.8 Å². The number of aryl methyl sites for hydroxylation is 1. The van der Waals surface area contributed by atoms with Crippen molar-refractivity contribution in [3.05, 3.63) is 54.1 Å². The van der Waals surface area contributed by atoms with E-state index in [4.69, 9.17) is 20.1 Å². The molecule has 0 radical (unpaired) electrons. The number of nitrogens with two attached hydrogens (primary N) is 2. The van der Waals surface area contributed by atoms with E-state index in [1.54, 1.807) is 30.3 Å². The normalized spacial score (nSPS) is 10.5. The van der Waals surface area contributed by atoms with Crippen LogP contribution in [0.5, 0.6) is 11.5 Å². The third kappa shape index (κ3) is 8.36. The SMILES string of the molecule is CC.Cc1cc(OCCCSC(N)=[NH2+])cc(OS(=O)(=O)c2ccccc2)c1. The third-order valence-electron chi connectivity index (χ3n) is 3.09. The summed E-state index contributed by atoms with van der Waals surface area (Å²) in [6.07, 6.45) is 0.759. The molecule has 0 saturated heterocycles. The molecule has 0 saturated carbocycles. The topological polar surface area (TPSA) is 104 Å². The van der Waals surface area contributed by atoms with E-state index in [1.807, 2.05) is 26.8 Å². The van der Waals surface area contributed by atoms with Gasteiger partial charge in [0.05, 0.1) is 6.61 Å². The molecule has 27 heavy (non-hydrogen) atoms. The van der Waals surface area contributed by atoms with Gasteiger partial charge in [-0.25, -0.2) is 0 Å². The van der Waals surface area contributed by atoms with Gasteiger partial charge >= 0.3 is 10.1 Å². The van der Waals surface area contributed by atoms with E-state index in [0.717, 1.165) is 17.7 Å². The van der Waals surface area contributed by atoms with Crippen molar-refractivity contribution in [2.75, 3.05) is 12.4 Å². The van der Waals surface area contributed by atoms with Gasteiger partial charge in [0.25, 0.3) is 5.17 Å². The smallest absolute Gasteiger partial charge is 0.339 e. The van der Waals surface area contributed by atoms with E-state index in [-0.39, 0.29) is 10.6 Å². The van der Waals surface area contributed by atoms with Gasteiger partial charge in [0.1, 0.15) is 16.4 Å². The fraction of sp³-hybridized carbons (Fsp3) is 0.316. The van der Waals surface area contributed by atoms with Crippen LogP contribution in [0, 0.1) is 6.92 Å². The molecule has 0 spiro atoms. The van der Waals surface area contributed by atoms with Gasteiger partial charge in [-0.1, -0.05) is 32.0 Å². The van der Waals surface area contributed by atoms with Gasteiger partial charge in [-0.15, -0.1) is 0 Å².